The van der Waals surface area contributed by atoms with Gasteiger partial charge in [-0.25, -0.2) is 0 Å². The van der Waals surface area contributed by atoms with Crippen LogP contribution in [0.2, 0.25) is 0 Å². The third kappa shape index (κ3) is 4.31. The summed E-state index contributed by atoms with van der Waals surface area (Å²) < 4.78 is 6.41. The van der Waals surface area contributed by atoms with Crippen LogP contribution in [0.1, 0.15) is 12.8 Å². The van der Waals surface area contributed by atoms with E-state index in [1.54, 1.807) is 23.9 Å². The number of rotatable bonds is 8. The quantitative estimate of drug-likeness (QED) is 0.342. The molecule has 0 saturated heterocycles. The lowest BCUT2D eigenvalue weighted by Crippen LogP contribution is -2.00. The highest BCUT2D eigenvalue weighted by atomic mass is 32.2. The fourth-order valence-electron chi connectivity index (χ4n) is 1.70. The number of hydrogen-bond donors (Lipinski definition) is 1. The van der Waals surface area contributed by atoms with E-state index in [1.165, 1.54) is 36.3 Å². The highest BCUT2D eigenvalue weighted by Crippen LogP contribution is 2.30. The van der Waals surface area contributed by atoms with Crippen LogP contribution in [0.15, 0.2) is 28.6 Å². The van der Waals surface area contributed by atoms with Gasteiger partial charge in [0.2, 0.25) is 5.13 Å². The van der Waals surface area contributed by atoms with E-state index in [-0.39, 0.29) is 5.69 Å². The van der Waals surface area contributed by atoms with Gasteiger partial charge in [0, 0.05) is 17.9 Å². The molecule has 1 aromatic carbocycles. The highest BCUT2D eigenvalue weighted by Gasteiger charge is 2.22. The van der Waals surface area contributed by atoms with Crippen molar-refractivity contribution in [3.63, 3.8) is 0 Å². The molecule has 1 aliphatic rings. The zero-order valence-corrected chi connectivity index (χ0v) is 13.2. The second-order valence-electron chi connectivity index (χ2n) is 4.74. The molecule has 9 heteroatoms. The van der Waals surface area contributed by atoms with E-state index in [1.807, 2.05) is 0 Å². The van der Waals surface area contributed by atoms with Gasteiger partial charge in [0.05, 0.1) is 17.6 Å². The van der Waals surface area contributed by atoms with E-state index in [2.05, 4.69) is 15.5 Å². The van der Waals surface area contributed by atoms with Gasteiger partial charge in [0.1, 0.15) is 5.75 Å². The first-order valence-corrected chi connectivity index (χ1v) is 8.61. The largest absolute Gasteiger partial charge is 0.492 e. The van der Waals surface area contributed by atoms with Gasteiger partial charge >= 0.3 is 0 Å². The SMILES string of the molecule is O=[N+]([O-])c1cccc(OCCSc2nnc(NC3CC3)s2)c1. The zero-order valence-electron chi connectivity index (χ0n) is 11.6. The van der Waals surface area contributed by atoms with Crippen molar-refractivity contribution in [2.24, 2.45) is 0 Å². The molecule has 0 atom stereocenters. The molecule has 22 heavy (non-hydrogen) atoms. The number of aromatic nitrogens is 2. The van der Waals surface area contributed by atoms with Crippen molar-refractivity contribution < 1.29 is 9.66 Å². The Morgan fingerprint density at radius 3 is 3.09 bits per heavy atom. The number of benzene rings is 1. The Morgan fingerprint density at radius 1 is 1.45 bits per heavy atom. The van der Waals surface area contributed by atoms with E-state index < -0.39 is 4.92 Å². The minimum absolute atomic E-state index is 0.0325. The molecule has 116 valence electrons. The van der Waals surface area contributed by atoms with Crippen LogP contribution >= 0.6 is 23.1 Å². The van der Waals surface area contributed by atoms with Crippen molar-refractivity contribution in [3.05, 3.63) is 34.4 Å². The van der Waals surface area contributed by atoms with Crippen molar-refractivity contribution >= 4 is 33.9 Å². The maximum Gasteiger partial charge on any atom is 0.273 e. The number of nitrogens with one attached hydrogen (secondary N) is 1. The average molecular weight is 338 g/mol. The van der Waals surface area contributed by atoms with Gasteiger partial charge < -0.3 is 10.1 Å². The molecule has 7 nitrogen and oxygen atoms in total. The summed E-state index contributed by atoms with van der Waals surface area (Å²) in [4.78, 5) is 10.2. The van der Waals surface area contributed by atoms with E-state index in [0.717, 1.165) is 9.47 Å². The first kappa shape index (κ1) is 15.0. The number of nitro groups is 1. The van der Waals surface area contributed by atoms with Gasteiger partial charge in [-0.05, 0) is 18.9 Å². The number of non-ortho nitro benzene ring substituents is 1. The van der Waals surface area contributed by atoms with Crippen LogP contribution in [-0.4, -0.2) is 33.5 Å². The van der Waals surface area contributed by atoms with Crippen molar-refractivity contribution in [1.29, 1.82) is 0 Å². The van der Waals surface area contributed by atoms with Crippen LogP contribution in [0.3, 0.4) is 0 Å². The van der Waals surface area contributed by atoms with Crippen molar-refractivity contribution in [2.75, 3.05) is 17.7 Å². The molecule has 1 aliphatic carbocycles. The molecule has 3 rings (SSSR count). The fourth-order valence-corrected chi connectivity index (χ4v) is 3.42. The fraction of sp³-hybridized carbons (Fsp3) is 0.385. The Kier molecular flexibility index (Phi) is 4.74. The molecule has 0 unspecified atom stereocenters. The minimum Gasteiger partial charge on any atom is -0.492 e. The Morgan fingerprint density at radius 2 is 2.32 bits per heavy atom. The van der Waals surface area contributed by atoms with Gasteiger partial charge in [-0.15, -0.1) is 10.2 Å². The molecule has 0 spiro atoms. The Balaban J connectivity index is 1.42. The Labute approximate surface area is 135 Å². The minimum atomic E-state index is -0.433. The van der Waals surface area contributed by atoms with Crippen LogP contribution < -0.4 is 10.1 Å². The van der Waals surface area contributed by atoms with Crippen molar-refractivity contribution in [3.8, 4) is 5.75 Å². The maximum atomic E-state index is 10.7. The normalized spacial score (nSPS) is 13.8. The van der Waals surface area contributed by atoms with Crippen LogP contribution in [0.25, 0.3) is 0 Å². The van der Waals surface area contributed by atoms with Crippen molar-refractivity contribution in [2.45, 2.75) is 23.2 Å². The predicted molar refractivity (Wildman–Crippen MR) is 85.9 cm³/mol. The summed E-state index contributed by atoms with van der Waals surface area (Å²) in [5.41, 5.74) is 0.0325. The van der Waals surface area contributed by atoms with Crippen LogP contribution in [-0.2, 0) is 0 Å². The van der Waals surface area contributed by atoms with Crippen LogP contribution in [0, 0.1) is 10.1 Å². The lowest BCUT2D eigenvalue weighted by atomic mass is 10.3. The topological polar surface area (TPSA) is 90.2 Å². The summed E-state index contributed by atoms with van der Waals surface area (Å²) in [5.74, 6) is 1.21. The van der Waals surface area contributed by atoms with E-state index in [4.69, 9.17) is 4.74 Å². The lowest BCUT2D eigenvalue weighted by Gasteiger charge is -2.04. The van der Waals surface area contributed by atoms with E-state index in [9.17, 15) is 10.1 Å². The first-order chi connectivity index (χ1) is 10.7. The van der Waals surface area contributed by atoms with Crippen LogP contribution in [0.5, 0.6) is 5.75 Å². The zero-order chi connectivity index (χ0) is 15.4. The van der Waals surface area contributed by atoms with Gasteiger partial charge in [-0.3, -0.25) is 10.1 Å². The van der Waals surface area contributed by atoms with E-state index >= 15 is 0 Å². The summed E-state index contributed by atoms with van der Waals surface area (Å²) in [6, 6.07) is 6.76. The van der Waals surface area contributed by atoms with Gasteiger partial charge in [-0.1, -0.05) is 29.2 Å². The lowest BCUT2D eigenvalue weighted by molar-refractivity contribution is -0.384. The number of nitrogens with zero attached hydrogens (tertiary/aromatic N) is 3. The molecule has 2 aromatic rings. The number of anilines is 1. The standard InChI is InChI=1S/C13H14N4O3S2/c18-17(19)10-2-1-3-11(8-10)20-6-7-21-13-16-15-12(22-13)14-9-4-5-9/h1-3,8-9H,4-7H2,(H,14,15). The Hall–Kier alpha value is -1.87. The smallest absolute Gasteiger partial charge is 0.273 e. The second kappa shape index (κ2) is 6.93. The molecule has 0 bridgehead atoms. The number of thioether (sulfide) groups is 1. The van der Waals surface area contributed by atoms with E-state index in [0.29, 0.717) is 24.2 Å². The number of nitro benzene ring substituents is 1. The van der Waals surface area contributed by atoms with Crippen molar-refractivity contribution in [1.82, 2.24) is 10.2 Å². The van der Waals surface area contributed by atoms with Crippen LogP contribution in [0.4, 0.5) is 10.8 Å². The summed E-state index contributed by atoms with van der Waals surface area (Å²) in [6.07, 6.45) is 2.41. The molecule has 1 N–H and O–H groups in total. The Bertz CT molecular complexity index is 660. The number of hydrogen-bond acceptors (Lipinski definition) is 8. The highest BCUT2D eigenvalue weighted by molar-refractivity contribution is 8.01. The molecule has 1 aromatic heterocycles. The van der Waals surface area contributed by atoms with Gasteiger partial charge in [0.25, 0.3) is 5.69 Å². The molecule has 0 amide bonds. The summed E-state index contributed by atoms with van der Waals surface area (Å²) in [5, 5.41) is 23.0. The molecule has 0 radical (unpaired) electrons. The second-order valence-corrected chi connectivity index (χ2v) is 7.06. The molecule has 1 heterocycles. The average Bonchev–Trinajstić information content (AvgIpc) is 3.21. The third-order valence-electron chi connectivity index (χ3n) is 2.92. The molecule has 1 fully saturated rings. The number of ether oxygens (including phenoxy) is 1. The summed E-state index contributed by atoms with van der Waals surface area (Å²) in [6.45, 7) is 0.455. The monoisotopic (exact) mass is 338 g/mol. The molecule has 1 saturated carbocycles. The maximum absolute atomic E-state index is 10.7. The third-order valence-corrected chi connectivity index (χ3v) is 4.87. The first-order valence-electron chi connectivity index (χ1n) is 6.81. The molecular weight excluding hydrogens is 324 g/mol. The van der Waals surface area contributed by atoms with Gasteiger partial charge in [0.15, 0.2) is 4.34 Å². The molecule has 0 aliphatic heterocycles. The van der Waals surface area contributed by atoms with Gasteiger partial charge in [-0.2, -0.15) is 0 Å². The summed E-state index contributed by atoms with van der Waals surface area (Å²) in [7, 11) is 0. The predicted octanol–water partition coefficient (Wildman–Crippen LogP) is 3.19. The molecular formula is C13H14N4O3S2. The summed E-state index contributed by atoms with van der Waals surface area (Å²) >= 11 is 3.10.